The average Bonchev–Trinajstić information content (AvgIpc) is 3.87. The third-order valence-electron chi connectivity index (χ3n) is 9.60. The molecule has 0 aromatic carbocycles. The predicted molar refractivity (Wildman–Crippen MR) is 205 cm³/mol. The lowest BCUT2D eigenvalue weighted by molar-refractivity contribution is -0.0510. The maximum Gasteiger partial charge on any atom is 0.351 e. The van der Waals surface area contributed by atoms with E-state index in [1.807, 2.05) is 0 Å². The van der Waals surface area contributed by atoms with E-state index in [2.05, 4.69) is 27.2 Å². The van der Waals surface area contributed by atoms with Crippen molar-refractivity contribution in [3.8, 4) is 0 Å². The molecule has 10 unspecified atom stereocenters. The summed E-state index contributed by atoms with van der Waals surface area (Å²) < 4.78 is 87.2. The van der Waals surface area contributed by atoms with Crippen LogP contribution in [-0.2, 0) is 50.5 Å². The second-order valence-electron chi connectivity index (χ2n) is 13.6. The summed E-state index contributed by atoms with van der Waals surface area (Å²) in [5, 5.41) is 9.92. The summed E-state index contributed by atoms with van der Waals surface area (Å²) in [7, 11) is -9.64. The monoisotopic (exact) mass is 897 g/mol. The standard InChI is InChI=1S/C30H42N7O17P3S/c1-13-7-35(28(41)32-25(13)31)22-4-16(19(10-38)49-22)52-55(44)47-11-20-17(5-23(50-20)36-8-14(2)26(39)33-29(36)42)53-56(45)48-12-21-18(54-57(46)58)6-24(51-21)37-9-15(3)27(40)34-30(37)43/h7-9,16-24,38,55-57H,4-6,10-12H2,1-3H3,(H,46,58)(H2,31,32,41)(H,33,39,42)(H,34,40,43)/t16?,17-,18-,19?,20?,21?,22?,23?,24?/m0/s1. The van der Waals surface area contributed by atoms with Crippen molar-refractivity contribution in [2.45, 2.75) is 95.3 Å². The van der Waals surface area contributed by atoms with Gasteiger partial charge < -0.3 is 47.7 Å². The first kappa shape index (κ1) is 44.3. The SMILES string of the molecule is Cc1cn(C2CC(O[PH](=O)OCC3OC(n4cc(C)c(=O)[nH]c4=O)C[C@@H]3O[PH](=O)OCC3OC(n4cc(C)c(=O)[nH]c4=O)C[C@@H]3O[PH](=O)S)C(CO)O2)c(=O)nc1N. The molecule has 0 spiro atoms. The molecule has 3 aromatic rings. The van der Waals surface area contributed by atoms with E-state index in [1.54, 1.807) is 6.92 Å². The van der Waals surface area contributed by atoms with Crippen LogP contribution in [0, 0.1) is 20.8 Å². The number of nitrogen functional groups attached to an aromatic ring is 1. The molecule has 5 N–H and O–H groups in total. The summed E-state index contributed by atoms with van der Waals surface area (Å²) >= 11 is 3.84. The van der Waals surface area contributed by atoms with Gasteiger partial charge in [0.2, 0.25) is 7.23 Å². The van der Waals surface area contributed by atoms with Gasteiger partial charge in [0, 0.05) is 54.5 Å². The minimum absolute atomic E-state index is 0.00613. The number of thiol groups is 1. The molecular formula is C30H42N7O17P3S. The molecule has 3 aromatic heterocycles. The van der Waals surface area contributed by atoms with Gasteiger partial charge in [-0.25, -0.2) is 14.4 Å². The van der Waals surface area contributed by atoms with E-state index >= 15 is 0 Å². The lowest BCUT2D eigenvalue weighted by Crippen LogP contribution is -2.33. The molecule has 24 nitrogen and oxygen atoms in total. The Kier molecular flexibility index (Phi) is 14.5. The van der Waals surface area contributed by atoms with Gasteiger partial charge in [-0.3, -0.25) is 47.0 Å². The van der Waals surface area contributed by atoms with E-state index < -0.39 is 127 Å². The molecule has 0 saturated carbocycles. The van der Waals surface area contributed by atoms with Gasteiger partial charge in [-0.05, 0) is 20.8 Å². The second-order valence-corrected chi connectivity index (χ2v) is 17.5. The first-order chi connectivity index (χ1) is 27.5. The number of aryl methyl sites for hydroxylation is 3. The first-order valence-electron chi connectivity index (χ1n) is 17.6. The minimum atomic E-state index is -3.44. The quantitative estimate of drug-likeness (QED) is 0.0933. The number of hydrogen-bond acceptors (Lipinski definition) is 19. The van der Waals surface area contributed by atoms with Gasteiger partial charge >= 0.3 is 33.6 Å². The Morgan fingerprint density at radius 1 is 0.724 bits per heavy atom. The zero-order valence-corrected chi connectivity index (χ0v) is 34.9. The zero-order valence-electron chi connectivity index (χ0n) is 31.0. The summed E-state index contributed by atoms with van der Waals surface area (Å²) in [4.78, 5) is 69.7. The van der Waals surface area contributed by atoms with E-state index in [0.29, 0.717) is 5.56 Å². The second kappa shape index (κ2) is 19.0. The zero-order chi connectivity index (χ0) is 42.0. The van der Waals surface area contributed by atoms with Crippen molar-refractivity contribution >= 4 is 41.8 Å². The van der Waals surface area contributed by atoms with Crippen LogP contribution in [-0.4, -0.2) is 90.2 Å². The van der Waals surface area contributed by atoms with Crippen LogP contribution in [0.3, 0.4) is 0 Å². The number of nitrogens with two attached hydrogens (primary N) is 1. The number of aromatic amines is 2. The van der Waals surface area contributed by atoms with Crippen molar-refractivity contribution in [2.24, 2.45) is 0 Å². The highest BCUT2D eigenvalue weighted by atomic mass is 32.7. The van der Waals surface area contributed by atoms with Crippen LogP contribution in [0.15, 0.2) is 42.6 Å². The highest BCUT2D eigenvalue weighted by Gasteiger charge is 2.43. The van der Waals surface area contributed by atoms with Crippen LogP contribution in [0.1, 0.15) is 54.6 Å². The molecule has 0 amide bonds. The molecular weight excluding hydrogens is 855 g/mol. The largest absolute Gasteiger partial charge is 0.394 e. The van der Waals surface area contributed by atoms with E-state index in [0.717, 1.165) is 9.13 Å². The summed E-state index contributed by atoms with van der Waals surface area (Å²) in [6, 6.07) is 0. The van der Waals surface area contributed by atoms with Crippen LogP contribution < -0.4 is 33.9 Å². The van der Waals surface area contributed by atoms with Crippen molar-refractivity contribution < 1.29 is 55.6 Å². The Bertz CT molecular complexity index is 2370. The van der Waals surface area contributed by atoms with Gasteiger partial charge in [-0.15, -0.1) is 0 Å². The van der Waals surface area contributed by atoms with Crippen LogP contribution in [0.25, 0.3) is 0 Å². The summed E-state index contributed by atoms with van der Waals surface area (Å²) in [5.74, 6) is 0.0431. The van der Waals surface area contributed by atoms with Gasteiger partial charge in [0.1, 0.15) is 42.8 Å². The third-order valence-corrected chi connectivity index (χ3v) is 12.2. The Hall–Kier alpha value is -3.28. The number of nitrogens with zero attached hydrogens (tertiary/aromatic N) is 4. The topological polar surface area (TPSA) is 316 Å². The van der Waals surface area contributed by atoms with Crippen LogP contribution in [0.5, 0.6) is 0 Å². The normalized spacial score (nSPS) is 28.8. The molecule has 3 saturated heterocycles. The molecule has 3 aliphatic heterocycles. The summed E-state index contributed by atoms with van der Waals surface area (Å²) in [5.41, 5.74) is 3.17. The fourth-order valence-electron chi connectivity index (χ4n) is 6.58. The number of aliphatic hydroxyl groups is 1. The number of nitrogens with one attached hydrogen (secondary N) is 2. The maximum atomic E-state index is 13.3. The van der Waals surface area contributed by atoms with Crippen LogP contribution in [0.4, 0.5) is 5.82 Å². The van der Waals surface area contributed by atoms with Gasteiger partial charge in [0.05, 0.1) is 38.1 Å². The van der Waals surface area contributed by atoms with Gasteiger partial charge in [0.15, 0.2) is 0 Å². The van der Waals surface area contributed by atoms with Gasteiger partial charge in [-0.1, -0.05) is 12.2 Å². The lowest BCUT2D eigenvalue weighted by Gasteiger charge is -2.21. The number of rotatable bonds is 16. The first-order valence-corrected chi connectivity index (χ1v) is 22.7. The molecule has 58 heavy (non-hydrogen) atoms. The van der Waals surface area contributed by atoms with E-state index in [1.165, 1.54) is 37.0 Å². The molecule has 320 valence electrons. The average molecular weight is 898 g/mol. The fraction of sp³-hybridized carbons (Fsp3) is 0.600. The predicted octanol–water partition coefficient (Wildman–Crippen LogP) is -0.00634. The smallest absolute Gasteiger partial charge is 0.351 e. The third kappa shape index (κ3) is 10.4. The highest BCUT2D eigenvalue weighted by molar-refractivity contribution is 8.39. The molecule has 3 fully saturated rings. The molecule has 3 aliphatic rings. The highest BCUT2D eigenvalue weighted by Crippen LogP contribution is 2.43. The number of hydrogen-bond donors (Lipinski definition) is 5. The number of H-pyrrole nitrogens is 2. The van der Waals surface area contributed by atoms with E-state index in [-0.39, 0.29) is 36.2 Å². The molecule has 0 aliphatic carbocycles. The van der Waals surface area contributed by atoms with Crippen LogP contribution in [0.2, 0.25) is 0 Å². The maximum absolute atomic E-state index is 13.3. The van der Waals surface area contributed by atoms with E-state index in [9.17, 15) is 42.8 Å². The molecule has 0 radical (unpaired) electrons. The van der Waals surface area contributed by atoms with Crippen LogP contribution >= 0.6 is 36.0 Å². The number of ether oxygens (including phenoxy) is 3. The Balaban J connectivity index is 1.11. The Morgan fingerprint density at radius 2 is 1.14 bits per heavy atom. The Labute approximate surface area is 333 Å². The molecule has 28 heteroatoms. The number of anilines is 1. The van der Waals surface area contributed by atoms with Crippen molar-refractivity contribution in [1.82, 2.24) is 28.7 Å². The van der Waals surface area contributed by atoms with Gasteiger partial charge in [0.25, 0.3) is 11.1 Å². The number of aliphatic hydroxyl groups excluding tert-OH is 1. The van der Waals surface area contributed by atoms with Crippen molar-refractivity contribution in [1.29, 1.82) is 0 Å². The van der Waals surface area contributed by atoms with E-state index in [4.69, 9.17) is 42.6 Å². The summed E-state index contributed by atoms with van der Waals surface area (Å²) in [6.45, 7) is 3.13. The van der Waals surface area contributed by atoms with Crippen molar-refractivity contribution in [3.63, 3.8) is 0 Å². The summed E-state index contributed by atoms with van der Waals surface area (Å²) in [6.07, 6.45) is -5.34. The molecule has 0 bridgehead atoms. The number of aromatic nitrogens is 6. The van der Waals surface area contributed by atoms with Crippen molar-refractivity contribution in [3.05, 3.63) is 87.4 Å². The fourth-order valence-corrected chi connectivity index (χ4v) is 9.22. The lowest BCUT2D eigenvalue weighted by atomic mass is 10.2. The molecule has 6 heterocycles. The molecule has 12 atom stereocenters. The minimum Gasteiger partial charge on any atom is -0.394 e. The van der Waals surface area contributed by atoms with Crippen molar-refractivity contribution in [2.75, 3.05) is 25.6 Å². The Morgan fingerprint density at radius 3 is 1.60 bits per heavy atom. The molecule has 6 rings (SSSR count). The van der Waals surface area contributed by atoms with Gasteiger partial charge in [-0.2, -0.15) is 4.98 Å².